The zero-order chi connectivity index (χ0) is 19.3. The van der Waals surface area contributed by atoms with E-state index in [0.29, 0.717) is 0 Å². The van der Waals surface area contributed by atoms with E-state index in [2.05, 4.69) is 116 Å². The standard InChI is InChI=1S/C12H13.C10H15.2HI.Zr/c1-8-6-11-9(2)4-5-10(3)12(11)7-8;1-6-7(2)9(4)10(5)8(6)3;;;/h4-7H,1-3H3;1-5H3;2*1H;/q2*-1;;;+4/p-2. The normalized spacial score (nSPS) is 9.84. The first-order valence-electron chi connectivity index (χ1n) is 8.44. The van der Waals surface area contributed by atoms with E-state index in [1.54, 1.807) is 0 Å². The molecule has 0 saturated heterocycles. The summed E-state index contributed by atoms with van der Waals surface area (Å²) in [5.41, 5.74) is 11.5. The Hall–Kier alpha value is 0.523. The number of fused-ring (bicyclic) bond motifs is 1. The molecule has 0 nitrogen and oxygen atoms in total. The summed E-state index contributed by atoms with van der Waals surface area (Å²) in [6, 6.07) is 8.91. The van der Waals surface area contributed by atoms with Crippen LogP contribution < -0.4 is 0 Å². The van der Waals surface area contributed by atoms with Crippen molar-refractivity contribution in [2.45, 2.75) is 55.4 Å². The first kappa shape index (κ1) is 23.6. The molecule has 3 heteroatoms. The number of rotatable bonds is 0. The van der Waals surface area contributed by atoms with E-state index < -0.39 is 0 Å². The number of hydrogen-bond donors (Lipinski definition) is 0. The molecule has 3 aromatic rings. The number of hydrogen-bond acceptors (Lipinski definition) is 0. The van der Waals surface area contributed by atoms with Crippen LogP contribution in [0.3, 0.4) is 0 Å². The number of aryl methyl sites for hydroxylation is 3. The molecule has 0 radical (unpaired) electrons. The van der Waals surface area contributed by atoms with E-state index >= 15 is 0 Å². The summed E-state index contributed by atoms with van der Waals surface area (Å²) in [5, 5.41) is 2.82. The first-order valence-corrected chi connectivity index (χ1v) is 23.1. The average molecular weight is 637 g/mol. The molecule has 0 atom stereocenters. The second kappa shape index (κ2) is 10.8. The van der Waals surface area contributed by atoms with Gasteiger partial charge in [-0.25, -0.2) is 0 Å². The van der Waals surface area contributed by atoms with Gasteiger partial charge in [0.1, 0.15) is 0 Å². The van der Waals surface area contributed by atoms with Crippen LogP contribution in [0, 0.1) is 55.4 Å². The van der Waals surface area contributed by atoms with E-state index in [-0.39, 0.29) is 14.9 Å². The molecule has 0 unspecified atom stereocenters. The summed E-state index contributed by atoms with van der Waals surface area (Å²) in [5.74, 6) is 0. The van der Waals surface area contributed by atoms with Gasteiger partial charge in [0.2, 0.25) is 0 Å². The number of benzene rings is 1. The van der Waals surface area contributed by atoms with Gasteiger partial charge in [-0.15, -0.1) is 34.0 Å². The van der Waals surface area contributed by atoms with Crippen LogP contribution in [-0.2, 0) is 14.9 Å². The minimum absolute atomic E-state index is 0.170. The maximum absolute atomic E-state index is 2.45. The molecule has 0 aliphatic heterocycles. The van der Waals surface area contributed by atoms with E-state index in [0.717, 1.165) is 0 Å². The Kier molecular flexibility index (Phi) is 10.1. The van der Waals surface area contributed by atoms with Gasteiger partial charge in [0.05, 0.1) is 0 Å². The molecule has 0 aliphatic rings. The maximum atomic E-state index is 2.45. The van der Waals surface area contributed by atoms with Gasteiger partial charge >= 0.3 is 50.9 Å². The third-order valence-electron chi connectivity index (χ3n) is 5.28. The topological polar surface area (TPSA) is 0 Å². The Morgan fingerprint density at radius 1 is 0.840 bits per heavy atom. The minimum atomic E-state index is 0.170. The van der Waals surface area contributed by atoms with Gasteiger partial charge in [0.15, 0.2) is 0 Å². The Labute approximate surface area is 183 Å². The Balaban J connectivity index is 0.000000220. The summed E-state index contributed by atoms with van der Waals surface area (Å²) in [7, 11) is 0. The summed E-state index contributed by atoms with van der Waals surface area (Å²) in [4.78, 5) is 0. The SMILES string of the molecule is Cc1c(C)c(C)[c-](C)c1C.Cc1cc2c(C)ccc(C)c2[cH-]1.[I][Zr+2][I]. The molecular formula is C22H28I2Zr. The summed E-state index contributed by atoms with van der Waals surface area (Å²) >= 11 is 5.06. The van der Waals surface area contributed by atoms with E-state index in [1.165, 1.54) is 55.3 Å². The fraction of sp³-hybridized carbons (Fsp3) is 0.364. The Morgan fingerprint density at radius 2 is 1.28 bits per heavy atom. The van der Waals surface area contributed by atoms with E-state index in [9.17, 15) is 0 Å². The molecule has 25 heavy (non-hydrogen) atoms. The van der Waals surface area contributed by atoms with Crippen molar-refractivity contribution in [3.8, 4) is 0 Å². The van der Waals surface area contributed by atoms with Crippen molar-refractivity contribution < 1.29 is 14.9 Å². The van der Waals surface area contributed by atoms with Crippen LogP contribution in [0.2, 0.25) is 0 Å². The predicted molar refractivity (Wildman–Crippen MR) is 128 cm³/mol. The first-order chi connectivity index (χ1) is 11.6. The van der Waals surface area contributed by atoms with Crippen molar-refractivity contribution >= 4 is 46.9 Å². The van der Waals surface area contributed by atoms with Gasteiger partial charge in [-0.3, -0.25) is 0 Å². The summed E-state index contributed by atoms with van der Waals surface area (Å²) in [6.45, 7) is 17.5. The van der Waals surface area contributed by atoms with Crippen LogP contribution >= 0.6 is 36.1 Å². The molecular weight excluding hydrogens is 609 g/mol. The molecule has 0 spiro atoms. The molecule has 0 fully saturated rings. The summed E-state index contributed by atoms with van der Waals surface area (Å²) < 4.78 is 0. The van der Waals surface area contributed by atoms with Crippen LogP contribution in [0.25, 0.3) is 10.8 Å². The van der Waals surface area contributed by atoms with Gasteiger partial charge in [-0.05, 0) is 6.92 Å². The van der Waals surface area contributed by atoms with Crippen LogP contribution in [0.15, 0.2) is 24.3 Å². The van der Waals surface area contributed by atoms with Gasteiger partial charge in [-0.1, -0.05) is 60.1 Å². The van der Waals surface area contributed by atoms with Crippen molar-refractivity contribution in [3.63, 3.8) is 0 Å². The molecule has 134 valence electrons. The third-order valence-corrected chi connectivity index (χ3v) is 5.28. The molecule has 0 aromatic heterocycles. The van der Waals surface area contributed by atoms with E-state index in [1.807, 2.05) is 0 Å². The predicted octanol–water partition coefficient (Wildman–Crippen LogP) is 8.20. The molecule has 0 heterocycles. The molecule has 0 bridgehead atoms. The van der Waals surface area contributed by atoms with Crippen molar-refractivity contribution in [1.29, 1.82) is 0 Å². The Bertz CT molecular complexity index is 718. The van der Waals surface area contributed by atoms with Crippen molar-refractivity contribution in [1.82, 2.24) is 0 Å². The van der Waals surface area contributed by atoms with Gasteiger partial charge in [0.25, 0.3) is 0 Å². The molecule has 0 saturated carbocycles. The van der Waals surface area contributed by atoms with Crippen LogP contribution in [-0.4, -0.2) is 0 Å². The van der Waals surface area contributed by atoms with Crippen LogP contribution in [0.1, 0.15) is 44.5 Å². The van der Waals surface area contributed by atoms with Crippen LogP contribution in [0.4, 0.5) is 0 Å². The molecule has 3 aromatic carbocycles. The molecule has 0 amide bonds. The third kappa shape index (κ3) is 6.00. The molecule has 3 rings (SSSR count). The second-order valence-corrected chi connectivity index (χ2v) is 25.7. The fourth-order valence-electron chi connectivity index (χ4n) is 3.14. The average Bonchev–Trinajstić information content (AvgIpc) is 3.05. The summed E-state index contributed by atoms with van der Waals surface area (Å²) in [6.07, 6.45) is 0. The molecule has 0 aliphatic carbocycles. The zero-order valence-electron chi connectivity index (χ0n) is 16.6. The van der Waals surface area contributed by atoms with Gasteiger partial charge in [0, 0.05) is 0 Å². The van der Waals surface area contributed by atoms with Gasteiger partial charge < -0.3 is 0 Å². The van der Waals surface area contributed by atoms with Crippen molar-refractivity contribution in [3.05, 3.63) is 68.8 Å². The van der Waals surface area contributed by atoms with Crippen molar-refractivity contribution in [2.75, 3.05) is 0 Å². The zero-order valence-corrected chi connectivity index (χ0v) is 23.3. The fourth-order valence-corrected chi connectivity index (χ4v) is 3.14. The van der Waals surface area contributed by atoms with E-state index in [4.69, 9.17) is 0 Å². The quantitative estimate of drug-likeness (QED) is 0.172. The van der Waals surface area contributed by atoms with Crippen LogP contribution in [0.5, 0.6) is 0 Å². The monoisotopic (exact) mass is 636 g/mol. The second-order valence-electron chi connectivity index (χ2n) is 6.76. The van der Waals surface area contributed by atoms with Crippen molar-refractivity contribution in [2.24, 2.45) is 0 Å². The number of halogens is 2. The molecule has 0 N–H and O–H groups in total. The Morgan fingerprint density at radius 3 is 1.64 bits per heavy atom. The van der Waals surface area contributed by atoms with Gasteiger partial charge in [-0.2, -0.15) is 33.9 Å².